The van der Waals surface area contributed by atoms with Crippen LogP contribution < -0.4 is 9.64 Å². The zero-order valence-corrected chi connectivity index (χ0v) is 29.7. The zero-order chi connectivity index (χ0) is 31.1. The summed E-state index contributed by atoms with van der Waals surface area (Å²) in [6.07, 6.45) is 3.37. The molecule has 0 aliphatic carbocycles. The van der Waals surface area contributed by atoms with Crippen molar-refractivity contribution in [1.82, 2.24) is 24.7 Å². The van der Waals surface area contributed by atoms with Crippen LogP contribution in [0.3, 0.4) is 0 Å². The van der Waals surface area contributed by atoms with Crippen LogP contribution in [0.15, 0.2) is 10.5 Å². The van der Waals surface area contributed by atoms with Gasteiger partial charge in [0, 0.05) is 79.8 Å². The van der Waals surface area contributed by atoms with Crippen LogP contribution in [0.25, 0.3) is 10.9 Å². The van der Waals surface area contributed by atoms with Gasteiger partial charge in [0.05, 0.1) is 17.7 Å². The van der Waals surface area contributed by atoms with Gasteiger partial charge >= 0.3 is 12.1 Å². The molecule has 4 saturated heterocycles. The number of fused-ring (bicyclic) bond motifs is 1. The lowest BCUT2D eigenvalue weighted by Gasteiger charge is -2.53. The van der Waals surface area contributed by atoms with Crippen molar-refractivity contribution in [2.24, 2.45) is 5.41 Å². The molecule has 4 fully saturated rings. The maximum Gasteiger partial charge on any atom is 0.410 e. The first kappa shape index (κ1) is 32.4. The van der Waals surface area contributed by atoms with E-state index in [-0.39, 0.29) is 35.0 Å². The molecule has 0 unspecified atom stereocenters. The maximum atomic E-state index is 15.6. The van der Waals surface area contributed by atoms with Crippen molar-refractivity contribution in [2.45, 2.75) is 58.2 Å². The molecule has 1 spiro atoms. The Bertz CT molecular complexity index is 1350. The molecule has 10 nitrogen and oxygen atoms in total. The van der Waals surface area contributed by atoms with Crippen LogP contribution in [0.2, 0.25) is 0 Å². The summed E-state index contributed by atoms with van der Waals surface area (Å²) in [5.41, 5.74) is -0.132. The van der Waals surface area contributed by atoms with E-state index in [9.17, 15) is 4.79 Å². The van der Waals surface area contributed by atoms with E-state index >= 15 is 4.39 Å². The van der Waals surface area contributed by atoms with E-state index in [4.69, 9.17) is 19.2 Å². The summed E-state index contributed by atoms with van der Waals surface area (Å²) in [6, 6.07) is 2.19. The first-order chi connectivity index (χ1) is 21.0. The zero-order valence-electron chi connectivity index (χ0n) is 25.9. The lowest BCUT2D eigenvalue weighted by Crippen LogP contribution is -2.62. The van der Waals surface area contributed by atoms with Crippen molar-refractivity contribution in [3.8, 4) is 6.01 Å². The smallest absolute Gasteiger partial charge is 0.410 e. The van der Waals surface area contributed by atoms with Gasteiger partial charge in [0.1, 0.15) is 23.0 Å². The number of morpholine rings is 1. The summed E-state index contributed by atoms with van der Waals surface area (Å²) in [7, 11) is 0. The van der Waals surface area contributed by atoms with Gasteiger partial charge in [-0.25, -0.2) is 9.18 Å². The molecule has 0 N–H and O–H groups in total. The molecule has 13 heteroatoms. The molecule has 1 amide bonds. The third-order valence-corrected chi connectivity index (χ3v) is 11.6. The number of rotatable bonds is 6. The Morgan fingerprint density at radius 1 is 1.07 bits per heavy atom. The van der Waals surface area contributed by atoms with Gasteiger partial charge in [0.15, 0.2) is 5.82 Å². The number of aromatic nitrogens is 2. The standard InChI is InChI=1S/C31H43BrFIN6O4/c1-30(2,3)44-29(41)40-19-31(20-40)6-10-39(11-7-31)27-22-18-23(34)24(32)25(33)26(22)35-28(36-27)43-21-4-8-37(9-5-21)12-13-38-14-16-42-17-15-38/h18,21H,4-17,19-20H2,1-3H3. The average molecular weight is 790 g/mol. The Balaban J connectivity index is 1.11. The Kier molecular flexibility index (Phi) is 9.78. The summed E-state index contributed by atoms with van der Waals surface area (Å²) in [4.78, 5) is 31.0. The molecule has 5 heterocycles. The highest BCUT2D eigenvalue weighted by molar-refractivity contribution is 14.1. The van der Waals surface area contributed by atoms with Crippen molar-refractivity contribution in [1.29, 1.82) is 0 Å². The van der Waals surface area contributed by atoms with Crippen LogP contribution >= 0.6 is 38.5 Å². The van der Waals surface area contributed by atoms with E-state index in [1.54, 1.807) is 4.90 Å². The number of halogens is 3. The van der Waals surface area contributed by atoms with E-state index in [2.05, 4.69) is 58.2 Å². The van der Waals surface area contributed by atoms with E-state index < -0.39 is 5.60 Å². The number of nitrogens with zero attached hydrogens (tertiary/aromatic N) is 6. The number of hydrogen-bond donors (Lipinski definition) is 0. The van der Waals surface area contributed by atoms with Gasteiger partial charge in [0.2, 0.25) is 0 Å². The van der Waals surface area contributed by atoms with Gasteiger partial charge in [0.25, 0.3) is 0 Å². The lowest BCUT2D eigenvalue weighted by atomic mass is 9.72. The molecule has 0 atom stereocenters. The first-order valence-electron chi connectivity index (χ1n) is 15.8. The quantitative estimate of drug-likeness (QED) is 0.292. The van der Waals surface area contributed by atoms with E-state index in [0.717, 1.165) is 101 Å². The Hall–Kier alpha value is -1.55. The predicted molar refractivity (Wildman–Crippen MR) is 179 cm³/mol. The molecule has 4 aliphatic heterocycles. The minimum Gasteiger partial charge on any atom is -0.460 e. The summed E-state index contributed by atoms with van der Waals surface area (Å²) < 4.78 is 34.2. The Morgan fingerprint density at radius 3 is 2.34 bits per heavy atom. The van der Waals surface area contributed by atoms with Crippen LogP contribution in [0, 0.1) is 14.8 Å². The monoisotopic (exact) mass is 788 g/mol. The number of carbonyl (C=O) groups is 1. The van der Waals surface area contributed by atoms with Crippen molar-refractivity contribution in [3.63, 3.8) is 0 Å². The minimum atomic E-state index is -0.501. The third kappa shape index (κ3) is 7.37. The number of carbonyl (C=O) groups excluding carboxylic acids is 1. The number of hydrogen-bond acceptors (Lipinski definition) is 9. The summed E-state index contributed by atoms with van der Waals surface area (Å²) in [5, 5.41) is 0.695. The molecule has 242 valence electrons. The second kappa shape index (κ2) is 13.3. The molecule has 1 aromatic heterocycles. The van der Waals surface area contributed by atoms with Gasteiger partial charge in [-0.3, -0.25) is 4.90 Å². The molecule has 2 aromatic rings. The van der Waals surface area contributed by atoms with E-state index in [1.807, 2.05) is 26.8 Å². The number of benzene rings is 1. The second-order valence-corrected chi connectivity index (χ2v) is 15.6. The van der Waals surface area contributed by atoms with Gasteiger partial charge in [-0.05, 0) is 91.0 Å². The highest BCUT2D eigenvalue weighted by atomic mass is 127. The lowest BCUT2D eigenvalue weighted by molar-refractivity contribution is -0.0434. The third-order valence-electron chi connectivity index (χ3n) is 9.26. The first-order valence-corrected chi connectivity index (χ1v) is 17.6. The highest BCUT2D eigenvalue weighted by Crippen LogP contribution is 2.43. The molecule has 6 rings (SSSR count). The molecular weight excluding hydrogens is 746 g/mol. The number of anilines is 1. The van der Waals surface area contributed by atoms with Crippen molar-refractivity contribution >= 4 is 61.3 Å². The Labute approximate surface area is 281 Å². The molecule has 0 radical (unpaired) electrons. The largest absolute Gasteiger partial charge is 0.460 e. The van der Waals surface area contributed by atoms with Crippen LogP contribution in [0.4, 0.5) is 15.0 Å². The fourth-order valence-corrected chi connectivity index (χ4v) is 7.52. The minimum absolute atomic E-state index is 0.00581. The number of likely N-dealkylation sites (tertiary alicyclic amines) is 2. The summed E-state index contributed by atoms with van der Waals surface area (Å²) in [6.45, 7) is 16.3. The normalized spacial score (nSPS) is 22.0. The second-order valence-electron chi connectivity index (χ2n) is 13.6. The van der Waals surface area contributed by atoms with Crippen molar-refractivity contribution in [3.05, 3.63) is 19.9 Å². The molecular formula is C31H43BrFIN6O4. The Morgan fingerprint density at radius 2 is 1.70 bits per heavy atom. The van der Waals surface area contributed by atoms with Gasteiger partial charge in [-0.1, -0.05) is 0 Å². The molecule has 1 aromatic carbocycles. The van der Waals surface area contributed by atoms with Crippen LogP contribution in [0.1, 0.15) is 46.5 Å². The topological polar surface area (TPSA) is 83.5 Å². The molecule has 4 aliphatic rings. The SMILES string of the molecule is CC(C)(C)OC(=O)N1CC2(CCN(c3nc(OC4CCN(CCN5CCOCC5)CC4)nc4c(F)c(Br)c(I)cc34)CC2)C1. The van der Waals surface area contributed by atoms with Gasteiger partial charge in [-0.15, -0.1) is 0 Å². The number of piperidine rings is 2. The molecule has 0 bridgehead atoms. The van der Waals surface area contributed by atoms with Gasteiger partial charge < -0.3 is 28.9 Å². The summed E-state index contributed by atoms with van der Waals surface area (Å²) >= 11 is 5.55. The van der Waals surface area contributed by atoms with Crippen LogP contribution in [-0.2, 0) is 9.47 Å². The van der Waals surface area contributed by atoms with Crippen molar-refractivity contribution in [2.75, 3.05) is 83.6 Å². The molecule has 0 saturated carbocycles. The van der Waals surface area contributed by atoms with Crippen LogP contribution in [-0.4, -0.2) is 121 Å². The predicted octanol–water partition coefficient (Wildman–Crippen LogP) is 5.15. The molecule has 44 heavy (non-hydrogen) atoms. The van der Waals surface area contributed by atoms with Gasteiger partial charge in [-0.2, -0.15) is 9.97 Å². The van der Waals surface area contributed by atoms with Crippen LogP contribution in [0.5, 0.6) is 6.01 Å². The van der Waals surface area contributed by atoms with Crippen molar-refractivity contribution < 1.29 is 23.4 Å². The fourth-order valence-electron chi connectivity index (χ4n) is 6.67. The van der Waals surface area contributed by atoms with E-state index in [0.29, 0.717) is 22.9 Å². The fraction of sp³-hybridized carbons (Fsp3) is 0.710. The summed E-state index contributed by atoms with van der Waals surface area (Å²) in [5.74, 6) is 0.328. The van der Waals surface area contributed by atoms with E-state index in [1.165, 1.54) is 0 Å². The maximum absolute atomic E-state index is 15.6. The number of amides is 1. The average Bonchev–Trinajstić information content (AvgIpc) is 2.98. The highest BCUT2D eigenvalue weighted by Gasteiger charge is 2.48. The number of ether oxygens (including phenoxy) is 3.